The minimum atomic E-state index is 0.663. The highest BCUT2D eigenvalue weighted by Gasteiger charge is 2.17. The SMILES string of the molecule is CC1CCC(Nc2ccc3ncsc3c2)CC1. The molecule has 3 heteroatoms. The zero-order valence-corrected chi connectivity index (χ0v) is 11.0. The number of rotatable bonds is 2. The van der Waals surface area contributed by atoms with E-state index >= 15 is 0 Å². The van der Waals surface area contributed by atoms with E-state index in [0.717, 1.165) is 11.4 Å². The number of aromatic nitrogens is 1. The predicted octanol–water partition coefficient (Wildman–Crippen LogP) is 4.29. The third-order valence-corrected chi connectivity index (χ3v) is 4.51. The van der Waals surface area contributed by atoms with Crippen molar-refractivity contribution in [3.8, 4) is 0 Å². The molecule has 1 aromatic carbocycles. The summed E-state index contributed by atoms with van der Waals surface area (Å²) in [5.41, 5.74) is 4.27. The standard InChI is InChI=1S/C14H18N2S/c1-10-2-4-11(5-3-10)16-12-6-7-13-14(8-12)17-9-15-13/h6-11,16H,2-5H2,1H3. The second-order valence-electron chi connectivity index (χ2n) is 5.14. The average molecular weight is 246 g/mol. The van der Waals surface area contributed by atoms with Crippen LogP contribution >= 0.6 is 11.3 Å². The summed E-state index contributed by atoms with van der Waals surface area (Å²) in [4.78, 5) is 4.31. The monoisotopic (exact) mass is 246 g/mol. The number of hydrogen-bond acceptors (Lipinski definition) is 3. The van der Waals surface area contributed by atoms with E-state index in [-0.39, 0.29) is 0 Å². The molecule has 2 aromatic rings. The van der Waals surface area contributed by atoms with E-state index in [4.69, 9.17) is 0 Å². The van der Waals surface area contributed by atoms with Crippen LogP contribution in [0.1, 0.15) is 32.6 Å². The van der Waals surface area contributed by atoms with E-state index in [1.165, 1.54) is 36.1 Å². The fourth-order valence-electron chi connectivity index (χ4n) is 2.58. The number of benzene rings is 1. The molecule has 0 amide bonds. The van der Waals surface area contributed by atoms with Crippen LogP contribution in [0.5, 0.6) is 0 Å². The Bertz CT molecular complexity index is 498. The van der Waals surface area contributed by atoms with Gasteiger partial charge in [-0.15, -0.1) is 11.3 Å². The van der Waals surface area contributed by atoms with Crippen molar-refractivity contribution in [1.29, 1.82) is 0 Å². The third kappa shape index (κ3) is 2.44. The molecule has 1 heterocycles. The fourth-order valence-corrected chi connectivity index (χ4v) is 3.30. The van der Waals surface area contributed by atoms with Crippen LogP contribution in [0.15, 0.2) is 23.7 Å². The van der Waals surface area contributed by atoms with Gasteiger partial charge >= 0.3 is 0 Å². The predicted molar refractivity (Wildman–Crippen MR) is 74.7 cm³/mol. The van der Waals surface area contributed by atoms with E-state index < -0.39 is 0 Å². The number of anilines is 1. The molecule has 1 saturated carbocycles. The fraction of sp³-hybridized carbons (Fsp3) is 0.500. The molecule has 1 aliphatic carbocycles. The van der Waals surface area contributed by atoms with E-state index in [0.29, 0.717) is 6.04 Å². The molecule has 2 nitrogen and oxygen atoms in total. The van der Waals surface area contributed by atoms with Crippen molar-refractivity contribution in [3.63, 3.8) is 0 Å². The van der Waals surface area contributed by atoms with Crippen molar-refractivity contribution < 1.29 is 0 Å². The molecule has 1 fully saturated rings. The maximum Gasteiger partial charge on any atom is 0.0813 e. The lowest BCUT2D eigenvalue weighted by molar-refractivity contribution is 0.361. The van der Waals surface area contributed by atoms with Crippen LogP contribution < -0.4 is 5.32 Å². The van der Waals surface area contributed by atoms with Crippen LogP contribution in [-0.2, 0) is 0 Å². The summed E-state index contributed by atoms with van der Waals surface area (Å²) in [5.74, 6) is 0.914. The molecule has 90 valence electrons. The molecule has 1 aromatic heterocycles. The van der Waals surface area contributed by atoms with Gasteiger partial charge in [-0.05, 0) is 49.8 Å². The molecule has 0 atom stereocenters. The summed E-state index contributed by atoms with van der Waals surface area (Å²) in [6.45, 7) is 2.36. The Balaban J connectivity index is 1.71. The molecule has 0 unspecified atom stereocenters. The maximum atomic E-state index is 4.31. The topological polar surface area (TPSA) is 24.9 Å². The number of fused-ring (bicyclic) bond motifs is 1. The Hall–Kier alpha value is -1.09. The van der Waals surface area contributed by atoms with Crippen molar-refractivity contribution in [3.05, 3.63) is 23.7 Å². The highest BCUT2D eigenvalue weighted by molar-refractivity contribution is 7.16. The molecular formula is C14H18N2S. The first kappa shape index (κ1) is 11.0. The van der Waals surface area contributed by atoms with Gasteiger partial charge in [0.1, 0.15) is 0 Å². The second-order valence-corrected chi connectivity index (χ2v) is 6.02. The van der Waals surface area contributed by atoms with Gasteiger partial charge in [-0.25, -0.2) is 4.98 Å². The normalized spacial score (nSPS) is 25.0. The van der Waals surface area contributed by atoms with Crippen LogP contribution in [0.4, 0.5) is 5.69 Å². The first-order valence-electron chi connectivity index (χ1n) is 6.41. The Morgan fingerprint density at radius 1 is 1.24 bits per heavy atom. The van der Waals surface area contributed by atoms with Crippen molar-refractivity contribution in [2.24, 2.45) is 5.92 Å². The largest absolute Gasteiger partial charge is 0.382 e. The van der Waals surface area contributed by atoms with E-state index in [2.05, 4.69) is 35.4 Å². The summed E-state index contributed by atoms with van der Waals surface area (Å²) in [6.07, 6.45) is 5.34. The Labute approximate surface area is 106 Å². The summed E-state index contributed by atoms with van der Waals surface area (Å²) < 4.78 is 1.28. The van der Waals surface area contributed by atoms with Crippen LogP contribution in [0.3, 0.4) is 0 Å². The second kappa shape index (κ2) is 4.65. The quantitative estimate of drug-likeness (QED) is 0.855. The number of nitrogens with zero attached hydrogens (tertiary/aromatic N) is 1. The van der Waals surface area contributed by atoms with Gasteiger partial charge < -0.3 is 5.32 Å². The molecule has 0 saturated heterocycles. The summed E-state index contributed by atoms with van der Waals surface area (Å²) in [5, 5.41) is 3.66. The first-order chi connectivity index (χ1) is 8.31. The third-order valence-electron chi connectivity index (χ3n) is 3.72. The molecule has 0 bridgehead atoms. The smallest absolute Gasteiger partial charge is 0.0813 e. The summed E-state index contributed by atoms with van der Waals surface area (Å²) >= 11 is 1.71. The lowest BCUT2D eigenvalue weighted by atomic mass is 9.87. The van der Waals surface area contributed by atoms with Crippen LogP contribution in [-0.4, -0.2) is 11.0 Å². The molecule has 0 aliphatic heterocycles. The molecule has 1 aliphatic rings. The lowest BCUT2D eigenvalue weighted by Gasteiger charge is -2.27. The van der Waals surface area contributed by atoms with Gasteiger partial charge in [0, 0.05) is 11.7 Å². The molecule has 1 N–H and O–H groups in total. The minimum Gasteiger partial charge on any atom is -0.382 e. The van der Waals surface area contributed by atoms with Crippen molar-refractivity contribution >= 4 is 27.2 Å². The summed E-state index contributed by atoms with van der Waals surface area (Å²) in [7, 11) is 0. The number of thiazole rings is 1. The molecule has 17 heavy (non-hydrogen) atoms. The Morgan fingerprint density at radius 3 is 2.88 bits per heavy atom. The number of nitrogens with one attached hydrogen (secondary N) is 1. The molecule has 0 radical (unpaired) electrons. The van der Waals surface area contributed by atoms with Crippen LogP contribution in [0.2, 0.25) is 0 Å². The van der Waals surface area contributed by atoms with Gasteiger partial charge in [0.2, 0.25) is 0 Å². The van der Waals surface area contributed by atoms with Crippen molar-refractivity contribution in [1.82, 2.24) is 4.98 Å². The maximum absolute atomic E-state index is 4.31. The first-order valence-corrected chi connectivity index (χ1v) is 7.29. The van der Waals surface area contributed by atoms with E-state index in [1.807, 2.05) is 5.51 Å². The van der Waals surface area contributed by atoms with Crippen molar-refractivity contribution in [2.45, 2.75) is 38.6 Å². The van der Waals surface area contributed by atoms with Crippen LogP contribution in [0.25, 0.3) is 10.2 Å². The van der Waals surface area contributed by atoms with Gasteiger partial charge in [-0.3, -0.25) is 0 Å². The van der Waals surface area contributed by atoms with Gasteiger partial charge in [0.15, 0.2) is 0 Å². The molecule has 3 rings (SSSR count). The van der Waals surface area contributed by atoms with Crippen LogP contribution in [0, 0.1) is 5.92 Å². The Kier molecular flexibility index (Phi) is 3.02. The average Bonchev–Trinajstić information content (AvgIpc) is 2.79. The van der Waals surface area contributed by atoms with E-state index in [1.54, 1.807) is 11.3 Å². The van der Waals surface area contributed by atoms with Gasteiger partial charge in [-0.1, -0.05) is 6.92 Å². The zero-order valence-electron chi connectivity index (χ0n) is 10.1. The Morgan fingerprint density at radius 2 is 2.06 bits per heavy atom. The molecule has 0 spiro atoms. The zero-order chi connectivity index (χ0) is 11.7. The highest BCUT2D eigenvalue weighted by Crippen LogP contribution is 2.27. The minimum absolute atomic E-state index is 0.663. The van der Waals surface area contributed by atoms with Crippen molar-refractivity contribution in [2.75, 3.05) is 5.32 Å². The summed E-state index contributed by atoms with van der Waals surface area (Å²) in [6, 6.07) is 7.15. The van der Waals surface area contributed by atoms with Gasteiger partial charge in [0.25, 0.3) is 0 Å². The van der Waals surface area contributed by atoms with Gasteiger partial charge in [-0.2, -0.15) is 0 Å². The molecular weight excluding hydrogens is 228 g/mol. The lowest BCUT2D eigenvalue weighted by Crippen LogP contribution is -2.25. The van der Waals surface area contributed by atoms with Gasteiger partial charge in [0.05, 0.1) is 15.7 Å². The number of hydrogen-bond donors (Lipinski definition) is 1. The highest BCUT2D eigenvalue weighted by atomic mass is 32.1. The van der Waals surface area contributed by atoms with E-state index in [9.17, 15) is 0 Å².